The number of hydrogen-bond acceptors (Lipinski definition) is 4. The van der Waals surface area contributed by atoms with Gasteiger partial charge in [0.05, 0.1) is 4.90 Å². The first kappa shape index (κ1) is 15.0. The van der Waals surface area contributed by atoms with Crippen LogP contribution >= 0.6 is 15.9 Å². The molecule has 0 aliphatic rings. The van der Waals surface area contributed by atoms with Crippen molar-refractivity contribution in [1.82, 2.24) is 9.71 Å². The maximum Gasteiger partial charge on any atom is 0.242 e. The minimum Gasteiger partial charge on any atom is -0.399 e. The predicted octanol–water partition coefficient (Wildman–Crippen LogP) is 2.21. The molecule has 0 amide bonds. The SMILES string of the molecule is Cc1cnccc1CNS(=O)(=O)c1cc(N)ccc1Br. The van der Waals surface area contributed by atoms with Gasteiger partial charge in [-0.3, -0.25) is 4.98 Å². The Hall–Kier alpha value is -1.44. The van der Waals surface area contributed by atoms with E-state index in [-0.39, 0.29) is 11.4 Å². The van der Waals surface area contributed by atoms with E-state index in [1.54, 1.807) is 30.6 Å². The third kappa shape index (κ3) is 3.36. The van der Waals surface area contributed by atoms with Crippen LogP contribution in [0.25, 0.3) is 0 Å². The molecule has 1 heterocycles. The number of pyridine rings is 1. The van der Waals surface area contributed by atoms with Gasteiger partial charge in [-0.1, -0.05) is 0 Å². The molecule has 0 fully saturated rings. The summed E-state index contributed by atoms with van der Waals surface area (Å²) in [7, 11) is -3.63. The van der Waals surface area contributed by atoms with E-state index in [9.17, 15) is 8.42 Å². The van der Waals surface area contributed by atoms with Crippen LogP contribution in [-0.2, 0) is 16.6 Å². The number of nitrogens with zero attached hydrogens (tertiary/aromatic N) is 1. The average Bonchev–Trinajstić information content (AvgIpc) is 2.40. The van der Waals surface area contributed by atoms with Crippen molar-refractivity contribution in [2.45, 2.75) is 18.4 Å². The molecule has 0 spiro atoms. The van der Waals surface area contributed by atoms with Crippen LogP contribution in [0.15, 0.2) is 46.0 Å². The van der Waals surface area contributed by atoms with Gasteiger partial charge in [0.2, 0.25) is 10.0 Å². The zero-order chi connectivity index (χ0) is 14.8. The van der Waals surface area contributed by atoms with Crippen molar-refractivity contribution < 1.29 is 8.42 Å². The minimum absolute atomic E-state index is 0.129. The molecule has 2 rings (SSSR count). The molecule has 0 unspecified atom stereocenters. The van der Waals surface area contributed by atoms with Crippen molar-refractivity contribution in [3.05, 3.63) is 52.3 Å². The molecule has 0 aliphatic carbocycles. The second kappa shape index (κ2) is 5.90. The molecule has 106 valence electrons. The fraction of sp³-hybridized carbons (Fsp3) is 0.154. The highest BCUT2D eigenvalue weighted by Crippen LogP contribution is 2.24. The standard InChI is InChI=1S/C13H14BrN3O2S/c1-9-7-16-5-4-10(9)8-17-20(18,19)13-6-11(15)2-3-12(13)14/h2-7,17H,8,15H2,1H3. The monoisotopic (exact) mass is 355 g/mol. The number of aryl methyl sites for hydroxylation is 1. The zero-order valence-electron chi connectivity index (χ0n) is 10.8. The Labute approximate surface area is 126 Å². The molecular formula is C13H14BrN3O2S. The molecule has 1 aromatic carbocycles. The van der Waals surface area contributed by atoms with E-state index < -0.39 is 10.0 Å². The van der Waals surface area contributed by atoms with Gasteiger partial charge in [-0.05, 0) is 58.2 Å². The molecule has 0 atom stereocenters. The first-order valence-electron chi connectivity index (χ1n) is 5.84. The molecule has 1 aromatic heterocycles. The van der Waals surface area contributed by atoms with Crippen LogP contribution in [0.4, 0.5) is 5.69 Å². The summed E-state index contributed by atoms with van der Waals surface area (Å²) < 4.78 is 27.6. The first-order chi connectivity index (χ1) is 9.40. The summed E-state index contributed by atoms with van der Waals surface area (Å²) in [6.45, 7) is 2.09. The smallest absolute Gasteiger partial charge is 0.242 e. The number of sulfonamides is 1. The largest absolute Gasteiger partial charge is 0.399 e. The van der Waals surface area contributed by atoms with Crippen LogP contribution in [0.1, 0.15) is 11.1 Å². The van der Waals surface area contributed by atoms with Crippen molar-refractivity contribution in [3.8, 4) is 0 Å². The lowest BCUT2D eigenvalue weighted by atomic mass is 10.2. The maximum atomic E-state index is 12.3. The van der Waals surface area contributed by atoms with Crippen LogP contribution in [-0.4, -0.2) is 13.4 Å². The first-order valence-corrected chi connectivity index (χ1v) is 8.12. The summed E-state index contributed by atoms with van der Waals surface area (Å²) in [4.78, 5) is 4.10. The van der Waals surface area contributed by atoms with E-state index in [2.05, 4.69) is 25.6 Å². The second-order valence-corrected chi connectivity index (χ2v) is 6.91. The summed E-state index contributed by atoms with van der Waals surface area (Å²) in [5.74, 6) is 0. The molecule has 3 N–H and O–H groups in total. The van der Waals surface area contributed by atoms with Gasteiger partial charge in [-0.15, -0.1) is 0 Å². The van der Waals surface area contributed by atoms with Crippen LogP contribution < -0.4 is 10.5 Å². The van der Waals surface area contributed by atoms with E-state index in [4.69, 9.17) is 5.73 Å². The number of benzene rings is 1. The molecule has 0 saturated carbocycles. The Balaban J connectivity index is 2.24. The van der Waals surface area contributed by atoms with Crippen molar-refractivity contribution in [1.29, 1.82) is 0 Å². The maximum absolute atomic E-state index is 12.3. The van der Waals surface area contributed by atoms with Crippen molar-refractivity contribution in [3.63, 3.8) is 0 Å². The normalized spacial score (nSPS) is 11.5. The van der Waals surface area contributed by atoms with Crippen molar-refractivity contribution in [2.24, 2.45) is 0 Å². The summed E-state index contributed by atoms with van der Waals surface area (Å²) in [6.07, 6.45) is 3.33. The van der Waals surface area contributed by atoms with E-state index in [0.717, 1.165) is 11.1 Å². The Kier molecular flexibility index (Phi) is 4.42. The van der Waals surface area contributed by atoms with Gasteiger partial charge in [0.1, 0.15) is 0 Å². The van der Waals surface area contributed by atoms with Gasteiger partial charge in [-0.2, -0.15) is 0 Å². The summed E-state index contributed by atoms with van der Waals surface area (Å²) >= 11 is 3.22. The molecule has 7 heteroatoms. The van der Waals surface area contributed by atoms with Gasteiger partial charge < -0.3 is 5.73 Å². The van der Waals surface area contributed by atoms with Crippen LogP contribution in [0, 0.1) is 6.92 Å². The van der Waals surface area contributed by atoms with Gasteiger partial charge in [0, 0.05) is 29.1 Å². The number of aromatic nitrogens is 1. The van der Waals surface area contributed by atoms with E-state index in [1.165, 1.54) is 6.07 Å². The second-order valence-electron chi connectivity index (χ2n) is 4.32. The van der Waals surface area contributed by atoms with E-state index in [1.807, 2.05) is 6.92 Å². The fourth-order valence-electron chi connectivity index (χ4n) is 1.68. The van der Waals surface area contributed by atoms with Crippen LogP contribution in [0.5, 0.6) is 0 Å². The number of nitrogen functional groups attached to an aromatic ring is 1. The Morgan fingerprint density at radius 3 is 2.80 bits per heavy atom. The van der Waals surface area contributed by atoms with Gasteiger partial charge >= 0.3 is 0 Å². The molecule has 0 aliphatic heterocycles. The van der Waals surface area contributed by atoms with Gasteiger partial charge in [-0.25, -0.2) is 13.1 Å². The fourth-order valence-corrected chi connectivity index (χ4v) is 3.68. The Bertz CT molecular complexity index is 732. The molecule has 0 bridgehead atoms. The number of halogens is 1. The van der Waals surface area contributed by atoms with Crippen molar-refractivity contribution >= 4 is 31.6 Å². The van der Waals surface area contributed by atoms with Gasteiger partial charge in [0.15, 0.2) is 0 Å². The quantitative estimate of drug-likeness (QED) is 0.823. The lowest BCUT2D eigenvalue weighted by Gasteiger charge is -2.10. The van der Waals surface area contributed by atoms with Gasteiger partial charge in [0.25, 0.3) is 0 Å². The molecular weight excluding hydrogens is 342 g/mol. The minimum atomic E-state index is -3.63. The highest BCUT2D eigenvalue weighted by molar-refractivity contribution is 9.10. The van der Waals surface area contributed by atoms with Crippen molar-refractivity contribution in [2.75, 3.05) is 5.73 Å². The van der Waals surface area contributed by atoms with E-state index in [0.29, 0.717) is 10.2 Å². The number of hydrogen-bond donors (Lipinski definition) is 2. The number of anilines is 1. The summed E-state index contributed by atoms with van der Waals surface area (Å²) in [5.41, 5.74) is 7.84. The molecule has 2 aromatic rings. The average molecular weight is 356 g/mol. The zero-order valence-corrected chi connectivity index (χ0v) is 13.2. The number of nitrogens with two attached hydrogens (primary N) is 1. The molecule has 20 heavy (non-hydrogen) atoms. The Morgan fingerprint density at radius 2 is 2.10 bits per heavy atom. The summed E-state index contributed by atoms with van der Waals surface area (Å²) in [6, 6.07) is 6.45. The topological polar surface area (TPSA) is 85.1 Å². The van der Waals surface area contributed by atoms with E-state index >= 15 is 0 Å². The molecule has 5 nitrogen and oxygen atoms in total. The Morgan fingerprint density at radius 1 is 1.35 bits per heavy atom. The molecule has 0 saturated heterocycles. The highest BCUT2D eigenvalue weighted by atomic mass is 79.9. The summed E-state index contributed by atoms with van der Waals surface area (Å²) in [5, 5.41) is 0. The third-order valence-electron chi connectivity index (χ3n) is 2.83. The lowest BCUT2D eigenvalue weighted by molar-refractivity contribution is 0.580. The lowest BCUT2D eigenvalue weighted by Crippen LogP contribution is -2.24. The highest BCUT2D eigenvalue weighted by Gasteiger charge is 2.17. The predicted molar refractivity (Wildman–Crippen MR) is 81.6 cm³/mol. The number of rotatable bonds is 4. The van der Waals surface area contributed by atoms with Crippen LogP contribution in [0.2, 0.25) is 0 Å². The number of nitrogens with one attached hydrogen (secondary N) is 1. The molecule has 0 radical (unpaired) electrons. The third-order valence-corrected chi connectivity index (χ3v) is 5.23. The van der Waals surface area contributed by atoms with Crippen LogP contribution in [0.3, 0.4) is 0 Å².